The summed E-state index contributed by atoms with van der Waals surface area (Å²) < 4.78 is 2.27. The van der Waals surface area contributed by atoms with Crippen LogP contribution in [0.3, 0.4) is 0 Å². The lowest BCUT2D eigenvalue weighted by Gasteiger charge is -2.17. The van der Waals surface area contributed by atoms with Crippen LogP contribution in [0.2, 0.25) is 0 Å². The fraction of sp³-hybridized carbons (Fsp3) is 0. The first-order valence-corrected chi connectivity index (χ1v) is 23.2. The standard InChI is InChI=1S/C63H38N8/c1-65-54-29-17-16-28-50(54)46-31-34-52-51-33-30-45(49-27-15-14-26-48(49)40-64)37-58(51)71(59(52)38-46)57-35-32-47(62-69-60(43-22-10-4-11-23-43)68-61(70-62)44-24-12-5-13-25-44)36-53(57)63-66-55(41-18-6-2-7-19-41)39-56(67-63)42-20-8-3-9-21-42/h2-39H. The van der Waals surface area contributed by atoms with Gasteiger partial charge in [-0.15, -0.1) is 0 Å². The van der Waals surface area contributed by atoms with Crippen molar-refractivity contribution in [1.29, 1.82) is 5.26 Å². The maximum atomic E-state index is 10.3. The molecule has 0 aliphatic heterocycles. The first-order chi connectivity index (χ1) is 35.1. The van der Waals surface area contributed by atoms with Crippen molar-refractivity contribution in [2.75, 3.05) is 0 Å². The molecule has 8 nitrogen and oxygen atoms in total. The number of aromatic nitrogens is 6. The van der Waals surface area contributed by atoms with E-state index in [2.05, 4.69) is 94.3 Å². The van der Waals surface area contributed by atoms with Gasteiger partial charge in [0.15, 0.2) is 29.0 Å². The van der Waals surface area contributed by atoms with Crippen molar-refractivity contribution in [1.82, 2.24) is 29.5 Å². The van der Waals surface area contributed by atoms with Gasteiger partial charge in [-0.25, -0.2) is 29.8 Å². The van der Waals surface area contributed by atoms with E-state index in [4.69, 9.17) is 31.5 Å². The highest BCUT2D eigenvalue weighted by Gasteiger charge is 2.23. The van der Waals surface area contributed by atoms with Crippen LogP contribution in [0.25, 0.3) is 123 Å². The van der Waals surface area contributed by atoms with Gasteiger partial charge in [-0.2, -0.15) is 5.26 Å². The van der Waals surface area contributed by atoms with Gasteiger partial charge in [-0.1, -0.05) is 188 Å². The van der Waals surface area contributed by atoms with E-state index in [1.54, 1.807) is 0 Å². The highest BCUT2D eigenvalue weighted by Crippen LogP contribution is 2.42. The molecule has 0 unspecified atom stereocenters. The number of rotatable bonds is 9. The van der Waals surface area contributed by atoms with E-state index >= 15 is 0 Å². The molecule has 0 N–H and O–H groups in total. The fourth-order valence-corrected chi connectivity index (χ4v) is 9.33. The van der Waals surface area contributed by atoms with Crippen molar-refractivity contribution in [2.45, 2.75) is 0 Å². The van der Waals surface area contributed by atoms with E-state index in [1.807, 2.05) is 152 Å². The Bertz CT molecular complexity index is 3830. The second-order valence-corrected chi connectivity index (χ2v) is 17.0. The van der Waals surface area contributed by atoms with Crippen LogP contribution in [-0.4, -0.2) is 29.5 Å². The third kappa shape index (κ3) is 7.94. The average molecular weight is 907 g/mol. The van der Waals surface area contributed by atoms with Gasteiger partial charge in [0.1, 0.15) is 0 Å². The van der Waals surface area contributed by atoms with Gasteiger partial charge in [-0.3, -0.25) is 0 Å². The SMILES string of the molecule is [C-]#[N+]c1ccccc1-c1ccc2c3ccc(-c4ccccc4C#N)cc3n(-c3ccc(-c4nc(-c5ccccc5)nc(-c5ccccc5)n4)cc3-c3nc(-c4ccccc4)cc(-c4ccccc4)n3)c2c1. The van der Waals surface area contributed by atoms with E-state index in [0.29, 0.717) is 34.5 Å². The maximum absolute atomic E-state index is 10.3. The number of hydrogen-bond donors (Lipinski definition) is 0. The zero-order chi connectivity index (χ0) is 47.7. The number of nitrogens with zero attached hydrogens (tertiary/aromatic N) is 8. The number of hydrogen-bond acceptors (Lipinski definition) is 6. The Kier molecular flexibility index (Phi) is 10.8. The third-order valence-corrected chi connectivity index (χ3v) is 12.8. The van der Waals surface area contributed by atoms with E-state index in [-0.39, 0.29) is 0 Å². The van der Waals surface area contributed by atoms with Gasteiger partial charge < -0.3 is 4.57 Å². The molecule has 0 spiro atoms. The molecule has 0 radical (unpaired) electrons. The van der Waals surface area contributed by atoms with Gasteiger partial charge in [0, 0.05) is 44.2 Å². The molecule has 0 fully saturated rings. The normalized spacial score (nSPS) is 11.1. The molecule has 0 atom stereocenters. The van der Waals surface area contributed by atoms with E-state index in [9.17, 15) is 5.26 Å². The summed E-state index contributed by atoms with van der Waals surface area (Å²) in [4.78, 5) is 30.1. The zero-order valence-electron chi connectivity index (χ0n) is 38.0. The Morgan fingerprint density at radius 2 is 0.817 bits per heavy atom. The predicted octanol–water partition coefficient (Wildman–Crippen LogP) is 15.5. The second kappa shape index (κ2) is 18.2. The van der Waals surface area contributed by atoms with Crippen LogP contribution in [0.4, 0.5) is 5.69 Å². The van der Waals surface area contributed by atoms with Gasteiger partial charge in [0.25, 0.3) is 0 Å². The van der Waals surface area contributed by atoms with E-state index in [1.165, 1.54) is 0 Å². The van der Waals surface area contributed by atoms with Crippen LogP contribution >= 0.6 is 0 Å². The lowest BCUT2D eigenvalue weighted by atomic mass is 9.98. The van der Waals surface area contributed by atoms with E-state index < -0.39 is 0 Å². The molecule has 3 heterocycles. The highest BCUT2D eigenvalue weighted by molar-refractivity contribution is 6.12. The maximum Gasteiger partial charge on any atom is 0.194 e. The first kappa shape index (κ1) is 42.2. The van der Waals surface area contributed by atoms with Crippen molar-refractivity contribution < 1.29 is 0 Å². The molecule has 0 saturated carbocycles. The topological polar surface area (TPSA) is 97.5 Å². The zero-order valence-corrected chi connectivity index (χ0v) is 38.0. The second-order valence-electron chi connectivity index (χ2n) is 17.0. The summed E-state index contributed by atoms with van der Waals surface area (Å²) >= 11 is 0. The van der Waals surface area contributed by atoms with Crippen LogP contribution in [-0.2, 0) is 0 Å². The monoisotopic (exact) mass is 906 g/mol. The van der Waals surface area contributed by atoms with E-state index in [0.717, 1.165) is 94.5 Å². The smallest absolute Gasteiger partial charge is 0.194 e. The minimum absolute atomic E-state index is 0.489. The number of para-hydroxylation sites is 1. The van der Waals surface area contributed by atoms with Crippen molar-refractivity contribution >= 4 is 27.5 Å². The number of nitriles is 1. The number of benzene rings is 9. The summed E-state index contributed by atoms with van der Waals surface area (Å²) in [5, 5.41) is 12.3. The summed E-state index contributed by atoms with van der Waals surface area (Å²) in [6.07, 6.45) is 0. The summed E-state index contributed by atoms with van der Waals surface area (Å²) in [5.74, 6) is 2.09. The molecule has 0 bridgehead atoms. The largest absolute Gasteiger partial charge is 0.308 e. The molecular formula is C63H38N8. The molecule has 0 aliphatic carbocycles. The molecular weight excluding hydrogens is 869 g/mol. The molecule has 3 aromatic heterocycles. The van der Waals surface area contributed by atoms with Crippen molar-refractivity contribution in [2.24, 2.45) is 0 Å². The van der Waals surface area contributed by atoms with Crippen LogP contribution in [0.15, 0.2) is 231 Å². The van der Waals surface area contributed by atoms with Crippen LogP contribution in [0, 0.1) is 17.9 Å². The Morgan fingerprint density at radius 1 is 0.366 bits per heavy atom. The summed E-state index contributed by atoms with van der Waals surface area (Å²) in [6.45, 7) is 8.07. The molecule has 12 rings (SSSR count). The molecule has 0 saturated heterocycles. The summed E-state index contributed by atoms with van der Waals surface area (Å²) in [6, 6.07) is 79.2. The van der Waals surface area contributed by atoms with Crippen LogP contribution in [0.1, 0.15) is 5.56 Å². The van der Waals surface area contributed by atoms with Crippen LogP contribution in [0.5, 0.6) is 0 Å². The predicted molar refractivity (Wildman–Crippen MR) is 284 cm³/mol. The number of fused-ring (bicyclic) bond motifs is 3. The summed E-state index contributed by atoms with van der Waals surface area (Å²) in [7, 11) is 0. The van der Waals surface area contributed by atoms with Crippen molar-refractivity contribution in [3.05, 3.63) is 248 Å². The van der Waals surface area contributed by atoms with Gasteiger partial charge >= 0.3 is 0 Å². The van der Waals surface area contributed by atoms with Crippen LogP contribution < -0.4 is 0 Å². The van der Waals surface area contributed by atoms with Crippen molar-refractivity contribution in [3.63, 3.8) is 0 Å². The highest BCUT2D eigenvalue weighted by atomic mass is 15.0. The molecule has 12 aromatic rings. The molecule has 0 amide bonds. The lowest BCUT2D eigenvalue weighted by Crippen LogP contribution is -2.04. The first-order valence-electron chi connectivity index (χ1n) is 23.2. The Morgan fingerprint density at radius 3 is 1.35 bits per heavy atom. The Hall–Kier alpha value is -10.2. The lowest BCUT2D eigenvalue weighted by molar-refractivity contribution is 1.07. The van der Waals surface area contributed by atoms with Gasteiger partial charge in [0.05, 0.1) is 46.3 Å². The van der Waals surface area contributed by atoms with Gasteiger partial charge in [0.2, 0.25) is 0 Å². The molecule has 330 valence electrons. The Labute approximate surface area is 410 Å². The van der Waals surface area contributed by atoms with Crippen molar-refractivity contribution in [3.8, 4) is 102 Å². The fourth-order valence-electron chi connectivity index (χ4n) is 9.33. The molecule has 9 aromatic carbocycles. The minimum Gasteiger partial charge on any atom is -0.308 e. The molecule has 8 heteroatoms. The van der Waals surface area contributed by atoms with Gasteiger partial charge in [-0.05, 0) is 64.7 Å². The summed E-state index contributed by atoms with van der Waals surface area (Å²) in [5.41, 5.74) is 13.9. The molecule has 71 heavy (non-hydrogen) atoms. The Balaban J connectivity index is 1.19. The minimum atomic E-state index is 0.489. The third-order valence-electron chi connectivity index (χ3n) is 12.8. The quantitative estimate of drug-likeness (QED) is 0.134. The molecule has 0 aliphatic rings. The average Bonchev–Trinajstić information content (AvgIpc) is 3.78.